The molecular formula is C11H15F6NO4. The van der Waals surface area contributed by atoms with Crippen LogP contribution in [0.15, 0.2) is 0 Å². The second kappa shape index (κ2) is 7.65. The summed E-state index contributed by atoms with van der Waals surface area (Å²) in [4.78, 5) is 25.8. The Balaban J connectivity index is 4.03. The highest BCUT2D eigenvalue weighted by Crippen LogP contribution is 2.23. The molecule has 11 heteroatoms. The molecule has 0 aliphatic heterocycles. The molecule has 0 aromatic heterocycles. The minimum Gasteiger partial charge on any atom is -0.459 e. The molecule has 0 aromatic rings. The van der Waals surface area contributed by atoms with Crippen molar-refractivity contribution < 1.29 is 45.5 Å². The first kappa shape index (κ1) is 20.5. The molecule has 1 N–H and O–H groups in total. The fourth-order valence-electron chi connectivity index (χ4n) is 1.24. The smallest absolute Gasteiger partial charge is 0.399 e. The summed E-state index contributed by atoms with van der Waals surface area (Å²) in [6.45, 7) is 2.40. The van der Waals surface area contributed by atoms with Gasteiger partial charge in [0.25, 0.3) is 0 Å². The summed E-state index contributed by atoms with van der Waals surface area (Å²) in [5.74, 6) is -3.04. The minimum atomic E-state index is -4.70. The number of alkyl halides is 6. The summed E-state index contributed by atoms with van der Waals surface area (Å²) in [7, 11) is 0. The molecule has 0 rings (SSSR count). The monoisotopic (exact) mass is 339 g/mol. The van der Waals surface area contributed by atoms with Crippen molar-refractivity contribution in [2.75, 3.05) is 6.54 Å². The number of halogens is 6. The highest BCUT2D eigenvalue weighted by molar-refractivity contribution is 5.70. The maximum absolute atomic E-state index is 11.9. The van der Waals surface area contributed by atoms with Crippen molar-refractivity contribution in [2.24, 2.45) is 0 Å². The quantitative estimate of drug-likeness (QED) is 0.334. The lowest BCUT2D eigenvalue weighted by molar-refractivity contribution is -0.184. The first-order valence-corrected chi connectivity index (χ1v) is 5.98. The van der Waals surface area contributed by atoms with Gasteiger partial charge in [0.1, 0.15) is 18.4 Å². The number of esters is 1. The number of ether oxygens (including phenoxy) is 1. The molecule has 0 aliphatic carbocycles. The standard InChI is InChI=1S/C11H15F6NO4/c1-9(2,21-7(19)5-10(12,13)14)3-4-18-22-8(20)6-11(15,16)17/h18H,3-6H2,1-2H3. The highest BCUT2D eigenvalue weighted by Gasteiger charge is 2.35. The second-order valence-electron chi connectivity index (χ2n) is 4.94. The number of nitrogens with one attached hydrogen (secondary N) is 1. The summed E-state index contributed by atoms with van der Waals surface area (Å²) in [5, 5.41) is 0. The maximum Gasteiger partial charge on any atom is 0.399 e. The van der Waals surface area contributed by atoms with E-state index in [4.69, 9.17) is 0 Å². The Morgan fingerprint density at radius 2 is 1.36 bits per heavy atom. The Kier molecular flexibility index (Phi) is 7.13. The van der Waals surface area contributed by atoms with E-state index in [9.17, 15) is 35.9 Å². The van der Waals surface area contributed by atoms with Gasteiger partial charge in [-0.3, -0.25) is 9.59 Å². The van der Waals surface area contributed by atoms with Crippen LogP contribution in [-0.4, -0.2) is 36.4 Å². The van der Waals surface area contributed by atoms with Gasteiger partial charge in [-0.2, -0.15) is 31.8 Å². The third-order valence-corrected chi connectivity index (χ3v) is 2.09. The molecule has 0 saturated heterocycles. The number of rotatable bonds is 7. The fourth-order valence-corrected chi connectivity index (χ4v) is 1.24. The number of hydrogen-bond donors (Lipinski definition) is 1. The number of hydroxylamine groups is 1. The van der Waals surface area contributed by atoms with E-state index in [-0.39, 0.29) is 13.0 Å². The molecule has 0 aromatic carbocycles. The van der Waals surface area contributed by atoms with Crippen LogP contribution in [0.5, 0.6) is 0 Å². The van der Waals surface area contributed by atoms with Gasteiger partial charge in [-0.15, -0.1) is 0 Å². The molecule has 0 radical (unpaired) electrons. The molecule has 0 aliphatic rings. The van der Waals surface area contributed by atoms with Crippen molar-refractivity contribution in [1.29, 1.82) is 0 Å². The Bertz CT molecular complexity index is 391. The van der Waals surface area contributed by atoms with Crippen molar-refractivity contribution in [1.82, 2.24) is 5.48 Å². The van der Waals surface area contributed by atoms with E-state index >= 15 is 0 Å². The van der Waals surface area contributed by atoms with Crippen LogP contribution in [-0.2, 0) is 19.2 Å². The summed E-state index contributed by atoms with van der Waals surface area (Å²) in [5.41, 5.74) is 0.609. The Hall–Kier alpha value is -1.52. The Labute approximate surface area is 121 Å². The SMILES string of the molecule is CC(C)(CCNOC(=O)CC(F)(F)F)OC(=O)CC(F)(F)F. The van der Waals surface area contributed by atoms with E-state index in [0.717, 1.165) is 0 Å². The molecule has 0 amide bonds. The van der Waals surface area contributed by atoms with E-state index in [0.29, 0.717) is 0 Å². The van der Waals surface area contributed by atoms with Crippen molar-refractivity contribution in [2.45, 2.75) is 51.1 Å². The predicted octanol–water partition coefficient (Wildman–Crippen LogP) is 2.65. The van der Waals surface area contributed by atoms with Gasteiger partial charge >= 0.3 is 24.3 Å². The van der Waals surface area contributed by atoms with Gasteiger partial charge in [0, 0.05) is 13.0 Å². The lowest BCUT2D eigenvalue weighted by Gasteiger charge is -2.25. The molecule has 0 spiro atoms. The van der Waals surface area contributed by atoms with Crippen LogP contribution in [0.3, 0.4) is 0 Å². The average Bonchev–Trinajstić information content (AvgIpc) is 2.17. The summed E-state index contributed by atoms with van der Waals surface area (Å²) in [6, 6.07) is 0. The van der Waals surface area contributed by atoms with Gasteiger partial charge in [-0.25, -0.2) is 0 Å². The van der Waals surface area contributed by atoms with Gasteiger partial charge < -0.3 is 9.57 Å². The first-order valence-electron chi connectivity index (χ1n) is 5.98. The lowest BCUT2D eigenvalue weighted by atomic mass is 10.1. The van der Waals surface area contributed by atoms with E-state index < -0.39 is 42.7 Å². The molecule has 0 atom stereocenters. The summed E-state index contributed by atoms with van der Waals surface area (Å²) < 4.78 is 75.8. The van der Waals surface area contributed by atoms with Gasteiger partial charge in [0.15, 0.2) is 0 Å². The second-order valence-corrected chi connectivity index (χ2v) is 4.94. The largest absolute Gasteiger partial charge is 0.459 e. The van der Waals surface area contributed by atoms with Crippen molar-refractivity contribution in [3.05, 3.63) is 0 Å². The van der Waals surface area contributed by atoms with Gasteiger partial charge in [0.2, 0.25) is 0 Å². The lowest BCUT2D eigenvalue weighted by Crippen LogP contribution is -2.34. The Morgan fingerprint density at radius 1 is 0.909 bits per heavy atom. The molecule has 0 fully saturated rings. The first-order chi connectivity index (χ1) is 9.70. The minimum absolute atomic E-state index is 0.0874. The molecular weight excluding hydrogens is 324 g/mol. The molecule has 5 nitrogen and oxygen atoms in total. The molecule has 130 valence electrons. The molecule has 22 heavy (non-hydrogen) atoms. The predicted molar refractivity (Wildman–Crippen MR) is 60.2 cm³/mol. The third kappa shape index (κ3) is 12.2. The van der Waals surface area contributed by atoms with Crippen LogP contribution in [0.25, 0.3) is 0 Å². The molecule has 0 bridgehead atoms. The van der Waals surface area contributed by atoms with Crippen molar-refractivity contribution in [3.63, 3.8) is 0 Å². The zero-order valence-corrected chi connectivity index (χ0v) is 11.7. The fraction of sp³-hybridized carbons (Fsp3) is 0.818. The highest BCUT2D eigenvalue weighted by atomic mass is 19.4. The van der Waals surface area contributed by atoms with Crippen LogP contribution >= 0.6 is 0 Å². The normalized spacial score (nSPS) is 12.9. The zero-order valence-electron chi connectivity index (χ0n) is 11.7. The third-order valence-electron chi connectivity index (χ3n) is 2.09. The van der Waals surface area contributed by atoms with Crippen LogP contribution in [0, 0.1) is 0 Å². The molecule has 0 unspecified atom stereocenters. The molecule has 0 heterocycles. The maximum atomic E-state index is 11.9. The number of carbonyl (C=O) groups excluding carboxylic acids is 2. The van der Waals surface area contributed by atoms with Gasteiger partial charge in [0.05, 0.1) is 0 Å². The van der Waals surface area contributed by atoms with Crippen molar-refractivity contribution in [3.8, 4) is 0 Å². The van der Waals surface area contributed by atoms with E-state index in [1.54, 1.807) is 0 Å². The topological polar surface area (TPSA) is 64.6 Å². The van der Waals surface area contributed by atoms with E-state index in [1.165, 1.54) is 13.8 Å². The number of carbonyl (C=O) groups is 2. The van der Waals surface area contributed by atoms with Crippen molar-refractivity contribution >= 4 is 11.9 Å². The van der Waals surface area contributed by atoms with E-state index in [2.05, 4.69) is 9.57 Å². The average molecular weight is 339 g/mol. The van der Waals surface area contributed by atoms with Gasteiger partial charge in [-0.05, 0) is 13.8 Å². The zero-order chi connectivity index (χ0) is 17.6. The Morgan fingerprint density at radius 3 is 1.82 bits per heavy atom. The van der Waals surface area contributed by atoms with Crippen LogP contribution in [0.2, 0.25) is 0 Å². The van der Waals surface area contributed by atoms with Crippen LogP contribution in [0.4, 0.5) is 26.3 Å². The summed E-state index contributed by atoms with van der Waals surface area (Å²) in [6.07, 6.45) is -13.0. The van der Waals surface area contributed by atoms with E-state index in [1.807, 2.05) is 5.48 Å². The van der Waals surface area contributed by atoms with Crippen LogP contribution < -0.4 is 5.48 Å². The van der Waals surface area contributed by atoms with Gasteiger partial charge in [-0.1, -0.05) is 0 Å². The number of hydrogen-bond acceptors (Lipinski definition) is 5. The summed E-state index contributed by atoms with van der Waals surface area (Å²) >= 11 is 0. The molecule has 0 saturated carbocycles. The van der Waals surface area contributed by atoms with Crippen LogP contribution in [0.1, 0.15) is 33.1 Å².